The maximum atomic E-state index is 12.0. The minimum atomic E-state index is -0.0323. The zero-order chi connectivity index (χ0) is 14.1. The summed E-state index contributed by atoms with van der Waals surface area (Å²) in [5.41, 5.74) is 4.49. The van der Waals surface area contributed by atoms with Crippen LogP contribution in [0.15, 0.2) is 24.4 Å². The van der Waals surface area contributed by atoms with E-state index in [0.717, 1.165) is 40.5 Å². The molecule has 1 aromatic carbocycles. The molecule has 0 saturated carbocycles. The fourth-order valence-electron chi connectivity index (χ4n) is 2.59. The van der Waals surface area contributed by atoms with Crippen molar-refractivity contribution in [2.75, 3.05) is 11.9 Å². The van der Waals surface area contributed by atoms with Crippen molar-refractivity contribution in [2.24, 2.45) is 0 Å². The molecule has 5 heteroatoms. The minimum absolute atomic E-state index is 0.0323. The number of anilines is 2. The number of aromatic nitrogens is 1. The highest BCUT2D eigenvalue weighted by molar-refractivity contribution is 6.31. The summed E-state index contributed by atoms with van der Waals surface area (Å²) in [5.74, 6) is -0.0323. The van der Waals surface area contributed by atoms with Crippen LogP contribution >= 0.6 is 11.6 Å². The molecule has 0 radical (unpaired) electrons. The summed E-state index contributed by atoms with van der Waals surface area (Å²) in [5, 5.41) is 6.93. The maximum Gasteiger partial charge on any atom is 0.255 e. The van der Waals surface area contributed by atoms with Crippen LogP contribution in [0.25, 0.3) is 0 Å². The number of aromatic amines is 1. The normalized spacial score (nSPS) is 13.8. The molecule has 0 spiro atoms. The third-order valence-corrected chi connectivity index (χ3v) is 3.95. The molecule has 0 atom stereocenters. The quantitative estimate of drug-likeness (QED) is 0.812. The molecule has 20 heavy (non-hydrogen) atoms. The average Bonchev–Trinajstić information content (AvgIpc) is 2.84. The van der Waals surface area contributed by atoms with E-state index in [9.17, 15) is 4.79 Å². The number of nitrogens with one attached hydrogen (secondary N) is 3. The van der Waals surface area contributed by atoms with E-state index >= 15 is 0 Å². The first-order valence-electron chi connectivity index (χ1n) is 6.73. The highest BCUT2D eigenvalue weighted by Gasteiger charge is 2.22. The Morgan fingerprint density at radius 2 is 2.20 bits per heavy atom. The lowest BCUT2D eigenvalue weighted by Gasteiger charge is -2.16. The Hall–Kier alpha value is -1.94. The Kier molecular flexibility index (Phi) is 3.40. The predicted molar refractivity (Wildman–Crippen MR) is 80.9 cm³/mol. The molecular formula is C15H16ClN3O. The standard InChI is InChI=1S/C15H16ClN3O/c1-2-9-10(16)4-3-5-11(9)19-13-8-18-12-6-7-17-15(20)14(12)13/h3-5,8,18-19H,2,6-7H2,1H3,(H,17,20). The molecule has 3 rings (SSSR count). The number of hydrogen-bond acceptors (Lipinski definition) is 2. The summed E-state index contributed by atoms with van der Waals surface area (Å²) in [7, 11) is 0. The summed E-state index contributed by atoms with van der Waals surface area (Å²) >= 11 is 6.21. The number of H-pyrrole nitrogens is 1. The van der Waals surface area contributed by atoms with Gasteiger partial charge in [0.2, 0.25) is 0 Å². The lowest BCUT2D eigenvalue weighted by Crippen LogP contribution is -2.31. The van der Waals surface area contributed by atoms with E-state index in [1.54, 1.807) is 0 Å². The molecule has 3 N–H and O–H groups in total. The average molecular weight is 290 g/mol. The van der Waals surface area contributed by atoms with Crippen molar-refractivity contribution < 1.29 is 4.79 Å². The first-order chi connectivity index (χ1) is 9.70. The molecule has 0 saturated heterocycles. The van der Waals surface area contributed by atoms with Gasteiger partial charge in [0, 0.05) is 35.6 Å². The molecule has 0 unspecified atom stereocenters. The predicted octanol–water partition coefficient (Wildman–Crippen LogP) is 3.26. The number of carbonyl (C=O) groups is 1. The minimum Gasteiger partial charge on any atom is -0.362 e. The number of benzene rings is 1. The molecule has 0 fully saturated rings. The number of fused-ring (bicyclic) bond motifs is 1. The lowest BCUT2D eigenvalue weighted by atomic mass is 10.1. The van der Waals surface area contributed by atoms with Crippen LogP contribution in [-0.2, 0) is 12.8 Å². The van der Waals surface area contributed by atoms with Crippen LogP contribution in [0.5, 0.6) is 0 Å². The monoisotopic (exact) mass is 289 g/mol. The smallest absolute Gasteiger partial charge is 0.255 e. The zero-order valence-corrected chi connectivity index (χ0v) is 12.0. The van der Waals surface area contributed by atoms with Crippen molar-refractivity contribution in [3.8, 4) is 0 Å². The largest absolute Gasteiger partial charge is 0.362 e. The molecule has 2 heterocycles. The van der Waals surface area contributed by atoms with E-state index in [2.05, 4.69) is 22.5 Å². The van der Waals surface area contributed by atoms with E-state index in [0.29, 0.717) is 12.1 Å². The molecular weight excluding hydrogens is 274 g/mol. The molecule has 1 amide bonds. The van der Waals surface area contributed by atoms with Gasteiger partial charge in [0.15, 0.2) is 0 Å². The molecule has 1 aliphatic rings. The highest BCUT2D eigenvalue weighted by atomic mass is 35.5. The van der Waals surface area contributed by atoms with Gasteiger partial charge in [0.05, 0.1) is 11.3 Å². The van der Waals surface area contributed by atoms with Crippen molar-refractivity contribution in [3.05, 3.63) is 46.2 Å². The van der Waals surface area contributed by atoms with Crippen LogP contribution in [0, 0.1) is 0 Å². The number of carbonyl (C=O) groups excluding carboxylic acids is 1. The van der Waals surface area contributed by atoms with E-state index in [-0.39, 0.29) is 5.91 Å². The Balaban J connectivity index is 1.99. The second kappa shape index (κ2) is 5.21. The zero-order valence-electron chi connectivity index (χ0n) is 11.2. The summed E-state index contributed by atoms with van der Waals surface area (Å²) < 4.78 is 0. The van der Waals surface area contributed by atoms with Gasteiger partial charge in [-0.25, -0.2) is 0 Å². The first kappa shape index (κ1) is 13.1. The highest BCUT2D eigenvalue weighted by Crippen LogP contribution is 2.30. The molecule has 0 bridgehead atoms. The number of amides is 1. The van der Waals surface area contributed by atoms with Crippen LogP contribution in [0.2, 0.25) is 5.02 Å². The fourth-order valence-corrected chi connectivity index (χ4v) is 2.90. The Labute approximate surface area is 122 Å². The van der Waals surface area contributed by atoms with Crippen molar-refractivity contribution in [1.82, 2.24) is 10.3 Å². The van der Waals surface area contributed by atoms with Crippen LogP contribution in [0.4, 0.5) is 11.4 Å². The van der Waals surface area contributed by atoms with Gasteiger partial charge in [-0.2, -0.15) is 0 Å². The molecule has 4 nitrogen and oxygen atoms in total. The summed E-state index contributed by atoms with van der Waals surface area (Å²) in [6.07, 6.45) is 3.51. The summed E-state index contributed by atoms with van der Waals surface area (Å²) in [6.45, 7) is 2.74. The third-order valence-electron chi connectivity index (χ3n) is 3.59. The molecule has 1 aromatic heterocycles. The molecule has 0 aliphatic carbocycles. The van der Waals surface area contributed by atoms with E-state index in [1.807, 2.05) is 24.4 Å². The SMILES string of the molecule is CCc1c(Cl)cccc1Nc1c[nH]c2c1C(=O)NCC2. The van der Waals surface area contributed by atoms with Crippen molar-refractivity contribution in [1.29, 1.82) is 0 Å². The molecule has 1 aliphatic heterocycles. The van der Waals surface area contributed by atoms with Gasteiger partial charge in [-0.05, 0) is 24.1 Å². The van der Waals surface area contributed by atoms with Gasteiger partial charge in [0.25, 0.3) is 5.91 Å². The third kappa shape index (κ3) is 2.16. The van der Waals surface area contributed by atoms with Gasteiger partial charge in [-0.1, -0.05) is 24.6 Å². The second-order valence-corrected chi connectivity index (χ2v) is 5.21. The fraction of sp³-hybridized carbons (Fsp3) is 0.267. The van der Waals surface area contributed by atoms with Gasteiger partial charge >= 0.3 is 0 Å². The van der Waals surface area contributed by atoms with E-state index < -0.39 is 0 Å². The lowest BCUT2D eigenvalue weighted by molar-refractivity contribution is 0.0947. The van der Waals surface area contributed by atoms with Crippen molar-refractivity contribution in [3.63, 3.8) is 0 Å². The first-order valence-corrected chi connectivity index (χ1v) is 7.11. The van der Waals surface area contributed by atoms with Crippen LogP contribution in [0.1, 0.15) is 28.5 Å². The maximum absolute atomic E-state index is 12.0. The van der Waals surface area contributed by atoms with Crippen molar-refractivity contribution in [2.45, 2.75) is 19.8 Å². The molecule has 2 aromatic rings. The summed E-state index contributed by atoms with van der Waals surface area (Å²) in [6, 6.07) is 5.76. The second-order valence-electron chi connectivity index (χ2n) is 4.81. The Morgan fingerprint density at radius 1 is 1.35 bits per heavy atom. The molecule has 104 valence electrons. The Bertz CT molecular complexity index is 663. The topological polar surface area (TPSA) is 56.9 Å². The van der Waals surface area contributed by atoms with Crippen LogP contribution in [-0.4, -0.2) is 17.4 Å². The van der Waals surface area contributed by atoms with Gasteiger partial charge in [-0.3, -0.25) is 4.79 Å². The van der Waals surface area contributed by atoms with Gasteiger partial charge < -0.3 is 15.6 Å². The summed E-state index contributed by atoms with van der Waals surface area (Å²) in [4.78, 5) is 15.2. The van der Waals surface area contributed by atoms with Gasteiger partial charge in [0.1, 0.15) is 0 Å². The van der Waals surface area contributed by atoms with E-state index in [4.69, 9.17) is 11.6 Å². The number of halogens is 1. The van der Waals surface area contributed by atoms with Gasteiger partial charge in [-0.15, -0.1) is 0 Å². The number of rotatable bonds is 3. The Morgan fingerprint density at radius 3 is 3.00 bits per heavy atom. The van der Waals surface area contributed by atoms with E-state index in [1.165, 1.54) is 0 Å². The number of hydrogen-bond donors (Lipinski definition) is 3. The van der Waals surface area contributed by atoms with Crippen LogP contribution < -0.4 is 10.6 Å². The van der Waals surface area contributed by atoms with Crippen molar-refractivity contribution >= 4 is 28.9 Å². The van der Waals surface area contributed by atoms with Crippen LogP contribution in [0.3, 0.4) is 0 Å².